The van der Waals surface area contributed by atoms with Gasteiger partial charge in [-0.05, 0) is 23.8 Å². The Labute approximate surface area is 123 Å². The van der Waals surface area contributed by atoms with Gasteiger partial charge < -0.3 is 4.90 Å². The predicted octanol–water partition coefficient (Wildman–Crippen LogP) is 3.32. The third-order valence-corrected chi connectivity index (χ3v) is 4.49. The van der Waals surface area contributed by atoms with Crippen LogP contribution >= 0.6 is 11.6 Å². The summed E-state index contributed by atoms with van der Waals surface area (Å²) in [5.74, 6) is 0.931. The van der Waals surface area contributed by atoms with Crippen molar-refractivity contribution < 1.29 is 4.79 Å². The lowest BCUT2D eigenvalue weighted by Gasteiger charge is -2.25. The second-order valence-corrected chi connectivity index (χ2v) is 5.68. The number of carbonyl (C=O) groups excluding carboxylic acids is 1. The summed E-state index contributed by atoms with van der Waals surface area (Å²) in [4.78, 5) is 19.0. The van der Waals surface area contributed by atoms with Crippen LogP contribution in [0.1, 0.15) is 23.8 Å². The van der Waals surface area contributed by atoms with E-state index in [0.717, 1.165) is 23.7 Å². The van der Waals surface area contributed by atoms with Crippen LogP contribution in [-0.2, 0) is 0 Å². The Morgan fingerprint density at radius 2 is 2.20 bits per heavy atom. The summed E-state index contributed by atoms with van der Waals surface area (Å²) in [6, 6.07) is 9.90. The first-order valence-corrected chi connectivity index (χ1v) is 7.46. The van der Waals surface area contributed by atoms with Gasteiger partial charge in [-0.3, -0.25) is 9.78 Å². The van der Waals surface area contributed by atoms with Crippen LogP contribution in [0.5, 0.6) is 0 Å². The van der Waals surface area contributed by atoms with Gasteiger partial charge in [0.1, 0.15) is 5.69 Å². The fourth-order valence-electron chi connectivity index (χ4n) is 2.92. The van der Waals surface area contributed by atoms with E-state index in [1.807, 2.05) is 35.2 Å². The normalized spacial score (nSPS) is 22.4. The number of hydrogen-bond acceptors (Lipinski definition) is 2. The van der Waals surface area contributed by atoms with E-state index in [-0.39, 0.29) is 11.9 Å². The molecule has 4 heteroatoms. The quantitative estimate of drug-likeness (QED) is 0.794. The first kappa shape index (κ1) is 13.4. The maximum absolute atomic E-state index is 12.8. The van der Waals surface area contributed by atoms with Crippen molar-refractivity contribution in [1.82, 2.24) is 9.88 Å². The highest BCUT2D eigenvalue weighted by atomic mass is 35.5. The largest absolute Gasteiger partial charge is 0.333 e. The molecule has 0 N–H and O–H groups in total. The molecule has 3 rings (SSSR count). The van der Waals surface area contributed by atoms with Crippen LogP contribution in [0.3, 0.4) is 0 Å². The summed E-state index contributed by atoms with van der Waals surface area (Å²) < 4.78 is 0. The average molecular weight is 289 g/mol. The van der Waals surface area contributed by atoms with Crippen molar-refractivity contribution in [3.8, 4) is 0 Å². The standard InChI is InChI=1S/C16H17ClN2O/c1-11-7-9-19(14(11)10-17)16(20)15-13-5-3-2-4-12(13)6-8-18-15/h2-6,8,11,14H,7,9-10H2,1H3. The number of benzene rings is 1. The van der Waals surface area contributed by atoms with Crippen molar-refractivity contribution in [2.24, 2.45) is 5.92 Å². The van der Waals surface area contributed by atoms with Gasteiger partial charge in [-0.15, -0.1) is 11.6 Å². The predicted molar refractivity (Wildman–Crippen MR) is 81.1 cm³/mol. The molecule has 1 amide bonds. The third-order valence-electron chi connectivity index (χ3n) is 4.18. The summed E-state index contributed by atoms with van der Waals surface area (Å²) in [5, 5.41) is 1.95. The fourth-order valence-corrected chi connectivity index (χ4v) is 3.39. The van der Waals surface area contributed by atoms with Crippen LogP contribution in [0.2, 0.25) is 0 Å². The summed E-state index contributed by atoms with van der Waals surface area (Å²) in [5.41, 5.74) is 0.535. The Hall–Kier alpha value is -1.61. The van der Waals surface area contributed by atoms with Crippen LogP contribution < -0.4 is 0 Å². The minimum atomic E-state index is -0.00296. The van der Waals surface area contributed by atoms with E-state index in [1.165, 1.54) is 0 Å². The summed E-state index contributed by atoms with van der Waals surface area (Å²) >= 11 is 6.03. The third kappa shape index (κ3) is 2.16. The molecule has 1 aliphatic rings. The molecule has 1 aromatic heterocycles. The van der Waals surface area contributed by atoms with Crippen LogP contribution in [-0.4, -0.2) is 34.3 Å². The molecular formula is C16H17ClN2O. The van der Waals surface area contributed by atoms with E-state index in [2.05, 4.69) is 11.9 Å². The molecule has 2 unspecified atom stereocenters. The number of aromatic nitrogens is 1. The molecule has 2 heterocycles. The topological polar surface area (TPSA) is 33.2 Å². The molecule has 1 saturated heterocycles. The average Bonchev–Trinajstić information content (AvgIpc) is 2.86. The molecule has 1 fully saturated rings. The SMILES string of the molecule is CC1CCN(C(=O)c2nccc3ccccc23)C1CCl. The molecule has 104 valence electrons. The molecule has 3 nitrogen and oxygen atoms in total. The van der Waals surface area contributed by atoms with E-state index < -0.39 is 0 Å². The minimum absolute atomic E-state index is 0.00296. The zero-order chi connectivity index (χ0) is 14.1. The number of halogens is 1. The zero-order valence-electron chi connectivity index (χ0n) is 11.4. The maximum Gasteiger partial charge on any atom is 0.273 e. The molecule has 0 saturated carbocycles. The van der Waals surface area contributed by atoms with Gasteiger partial charge in [0.25, 0.3) is 5.91 Å². The number of pyridine rings is 1. The van der Waals surface area contributed by atoms with Gasteiger partial charge in [0.15, 0.2) is 0 Å². The van der Waals surface area contributed by atoms with Crippen molar-refractivity contribution >= 4 is 28.3 Å². The van der Waals surface area contributed by atoms with E-state index in [1.54, 1.807) is 6.20 Å². The van der Waals surface area contributed by atoms with E-state index in [4.69, 9.17) is 11.6 Å². The lowest BCUT2D eigenvalue weighted by molar-refractivity contribution is 0.0733. The number of fused-ring (bicyclic) bond motifs is 1. The molecular weight excluding hydrogens is 272 g/mol. The van der Waals surface area contributed by atoms with E-state index in [0.29, 0.717) is 17.5 Å². The Morgan fingerprint density at radius 1 is 1.40 bits per heavy atom. The zero-order valence-corrected chi connectivity index (χ0v) is 12.2. The van der Waals surface area contributed by atoms with Crippen LogP contribution in [0.25, 0.3) is 10.8 Å². The van der Waals surface area contributed by atoms with E-state index >= 15 is 0 Å². The number of likely N-dealkylation sites (tertiary alicyclic amines) is 1. The van der Waals surface area contributed by atoms with E-state index in [9.17, 15) is 4.79 Å². The minimum Gasteiger partial charge on any atom is -0.333 e. The Kier molecular flexibility index (Phi) is 3.62. The second-order valence-electron chi connectivity index (χ2n) is 5.37. The molecule has 1 aliphatic heterocycles. The smallest absolute Gasteiger partial charge is 0.273 e. The lowest BCUT2D eigenvalue weighted by Crippen LogP contribution is -2.39. The van der Waals surface area contributed by atoms with Gasteiger partial charge in [0.05, 0.1) is 0 Å². The van der Waals surface area contributed by atoms with Crippen molar-refractivity contribution in [1.29, 1.82) is 0 Å². The van der Waals surface area contributed by atoms with Crippen LogP contribution in [0.4, 0.5) is 0 Å². The molecule has 2 atom stereocenters. The first-order valence-electron chi connectivity index (χ1n) is 6.93. The summed E-state index contributed by atoms with van der Waals surface area (Å²) in [6.07, 6.45) is 2.71. The summed E-state index contributed by atoms with van der Waals surface area (Å²) in [7, 11) is 0. The molecule has 0 spiro atoms. The lowest BCUT2D eigenvalue weighted by atomic mass is 10.0. The Morgan fingerprint density at radius 3 is 3.00 bits per heavy atom. The Bertz CT molecular complexity index is 638. The number of alkyl halides is 1. The number of carbonyl (C=O) groups is 1. The van der Waals surface area contributed by atoms with Crippen molar-refractivity contribution in [2.75, 3.05) is 12.4 Å². The molecule has 1 aromatic carbocycles. The van der Waals surface area contributed by atoms with Gasteiger partial charge in [-0.25, -0.2) is 0 Å². The van der Waals surface area contributed by atoms with Gasteiger partial charge in [-0.1, -0.05) is 31.2 Å². The molecule has 20 heavy (non-hydrogen) atoms. The van der Waals surface area contributed by atoms with Gasteiger partial charge in [0.2, 0.25) is 0 Å². The number of amides is 1. The highest BCUT2D eigenvalue weighted by molar-refractivity contribution is 6.18. The van der Waals surface area contributed by atoms with Gasteiger partial charge in [-0.2, -0.15) is 0 Å². The maximum atomic E-state index is 12.8. The molecule has 0 bridgehead atoms. The number of nitrogens with zero attached hydrogens (tertiary/aromatic N) is 2. The van der Waals surface area contributed by atoms with Crippen LogP contribution in [0.15, 0.2) is 36.5 Å². The van der Waals surface area contributed by atoms with Crippen molar-refractivity contribution in [2.45, 2.75) is 19.4 Å². The molecule has 2 aromatic rings. The van der Waals surface area contributed by atoms with Crippen LogP contribution in [0, 0.1) is 5.92 Å². The number of hydrogen-bond donors (Lipinski definition) is 0. The highest BCUT2D eigenvalue weighted by Gasteiger charge is 2.35. The monoisotopic (exact) mass is 288 g/mol. The van der Waals surface area contributed by atoms with Gasteiger partial charge in [0, 0.05) is 30.0 Å². The molecule has 0 aliphatic carbocycles. The fraction of sp³-hybridized carbons (Fsp3) is 0.375. The highest BCUT2D eigenvalue weighted by Crippen LogP contribution is 2.27. The Balaban J connectivity index is 2.01. The molecule has 0 radical (unpaired) electrons. The first-order chi connectivity index (χ1) is 9.72. The summed E-state index contributed by atoms with van der Waals surface area (Å²) in [6.45, 7) is 2.92. The second kappa shape index (κ2) is 5.41. The van der Waals surface area contributed by atoms with Crippen molar-refractivity contribution in [3.05, 3.63) is 42.2 Å². The van der Waals surface area contributed by atoms with Crippen molar-refractivity contribution in [3.63, 3.8) is 0 Å². The number of rotatable bonds is 2. The van der Waals surface area contributed by atoms with Gasteiger partial charge >= 0.3 is 0 Å².